The Morgan fingerprint density at radius 1 is 1.43 bits per heavy atom. The van der Waals surface area contributed by atoms with E-state index in [9.17, 15) is 10.4 Å². The monoisotopic (exact) mass is 108 g/mol. The molecule has 7 heavy (non-hydrogen) atoms. The average molecular weight is 108 g/mol. The smallest absolute Gasteiger partial charge is 0.168 e. The number of hydrogen-bond acceptors (Lipinski definition) is 7. The maximum Gasteiger partial charge on any atom is -0.168 e. The number of nitrogens with zero attached hydrogens (tertiary/aromatic N) is 2. The van der Waals surface area contributed by atoms with Crippen molar-refractivity contribution in [1.29, 1.82) is 0 Å². The zero-order valence-electron chi connectivity index (χ0n) is 3.27. The summed E-state index contributed by atoms with van der Waals surface area (Å²) in [6.07, 6.45) is 0. The van der Waals surface area contributed by atoms with Crippen LogP contribution in [-0.2, 0) is 4.94 Å². The highest BCUT2D eigenvalue weighted by molar-refractivity contribution is 4.32. The Bertz CT molecular complexity index is 44.2. The van der Waals surface area contributed by atoms with Crippen LogP contribution in [0.2, 0.25) is 0 Å². The molecule has 0 fully saturated rings. The highest BCUT2D eigenvalue weighted by Crippen LogP contribution is 1.78. The summed E-state index contributed by atoms with van der Waals surface area (Å²) in [4.78, 5) is 3.28. The lowest BCUT2D eigenvalue weighted by molar-refractivity contribution is -0.237. The van der Waals surface area contributed by atoms with E-state index < -0.39 is 10.6 Å². The first kappa shape index (κ1) is 6.72. The first-order valence-corrected chi connectivity index (χ1v) is 1.24. The summed E-state index contributed by atoms with van der Waals surface area (Å²) >= 11 is 0. The quantitative estimate of drug-likeness (QED) is 0.316. The molecule has 0 aliphatic carbocycles. The molecule has 0 radical (unpaired) electrons. The third-order valence-electron chi connectivity index (χ3n) is 0.251. The molecular formula is H4N4O3-2. The Labute approximate surface area is 39.0 Å². The molecule has 0 spiro atoms. The van der Waals surface area contributed by atoms with Gasteiger partial charge in [-0.2, -0.15) is 11.2 Å². The van der Waals surface area contributed by atoms with Crippen LogP contribution < -0.4 is 11.7 Å². The second kappa shape index (κ2) is 2.82. The van der Waals surface area contributed by atoms with Crippen LogP contribution in [0.25, 0.3) is 0 Å². The molecule has 7 nitrogen and oxygen atoms in total. The molecule has 44 valence electrons. The second-order valence-electron chi connectivity index (χ2n) is 0.646. The first-order valence-electron chi connectivity index (χ1n) is 1.24. The SMILES string of the molecule is NON([O-])N(N)[O-]. The first-order chi connectivity index (χ1) is 3.18. The summed E-state index contributed by atoms with van der Waals surface area (Å²) in [5.74, 6) is 8.40. The van der Waals surface area contributed by atoms with Gasteiger partial charge in [-0.05, 0) is 0 Å². The lowest BCUT2D eigenvalue weighted by Crippen LogP contribution is -2.40. The predicted octanol–water partition coefficient (Wildman–Crippen LogP) is -1.82. The molecule has 0 aromatic carbocycles. The third kappa shape index (κ3) is 2.42. The summed E-state index contributed by atoms with van der Waals surface area (Å²) in [6.45, 7) is 0. The fraction of sp³-hybridized carbons (Fsp3) is 0. The number of nitrogens with two attached hydrogens (primary N) is 2. The van der Waals surface area contributed by atoms with E-state index in [1.54, 1.807) is 0 Å². The van der Waals surface area contributed by atoms with E-state index in [2.05, 4.69) is 16.7 Å². The third-order valence-corrected chi connectivity index (χ3v) is 0.251. The van der Waals surface area contributed by atoms with Gasteiger partial charge in [-0.15, -0.1) is 0 Å². The second-order valence-corrected chi connectivity index (χ2v) is 0.646. The molecule has 0 aromatic heterocycles. The number of hydrazine groups is 2. The molecule has 0 aliphatic heterocycles. The summed E-state index contributed by atoms with van der Waals surface area (Å²) in [5, 5.41) is 17.8. The predicted molar refractivity (Wildman–Crippen MR) is 19.9 cm³/mol. The molecule has 0 atom stereocenters. The Morgan fingerprint density at radius 2 is 1.86 bits per heavy atom. The van der Waals surface area contributed by atoms with Crippen molar-refractivity contribution in [3.05, 3.63) is 10.4 Å². The molecule has 0 amide bonds. The van der Waals surface area contributed by atoms with Crippen LogP contribution in [0.5, 0.6) is 0 Å². The molecule has 0 aliphatic rings. The van der Waals surface area contributed by atoms with Gasteiger partial charge in [0.2, 0.25) is 0 Å². The summed E-state index contributed by atoms with van der Waals surface area (Å²) in [7, 11) is 0. The largest absolute Gasteiger partial charge is 0.757 e. The van der Waals surface area contributed by atoms with Crippen LogP contribution in [-0.4, -0.2) is 10.6 Å². The summed E-state index contributed by atoms with van der Waals surface area (Å²) in [5.41, 5.74) is 0. The van der Waals surface area contributed by atoms with E-state index in [0.717, 1.165) is 0 Å². The lowest BCUT2D eigenvalue weighted by atomic mass is 12.3. The molecule has 0 heterocycles. The van der Waals surface area contributed by atoms with Crippen molar-refractivity contribution >= 4 is 0 Å². The van der Waals surface area contributed by atoms with Gasteiger partial charge in [-0.3, -0.25) is 5.84 Å². The van der Waals surface area contributed by atoms with E-state index in [-0.39, 0.29) is 0 Å². The topological polar surface area (TPSA) is 114 Å². The Morgan fingerprint density at radius 3 is 1.86 bits per heavy atom. The Kier molecular flexibility index (Phi) is 2.71. The zero-order chi connectivity index (χ0) is 5.86. The maximum absolute atomic E-state index is 9.57. The van der Waals surface area contributed by atoms with Gasteiger partial charge in [-0.1, -0.05) is 0 Å². The molecule has 0 aromatic rings. The highest BCUT2D eigenvalue weighted by Gasteiger charge is 1.78. The molecule has 0 rings (SSSR count). The molecular weight excluding hydrogens is 104 g/mol. The molecule has 7 heteroatoms. The minimum absolute atomic E-state index is 0.597. The zero-order valence-corrected chi connectivity index (χ0v) is 3.27. The van der Waals surface area contributed by atoms with Crippen LogP contribution in [0.1, 0.15) is 0 Å². The van der Waals surface area contributed by atoms with Gasteiger partial charge in [0.15, 0.2) is 0 Å². The van der Waals surface area contributed by atoms with Crippen LogP contribution in [0.3, 0.4) is 0 Å². The van der Waals surface area contributed by atoms with Crippen LogP contribution >= 0.6 is 0 Å². The Hall–Kier alpha value is -0.280. The molecule has 0 unspecified atom stereocenters. The van der Waals surface area contributed by atoms with Crippen LogP contribution in [0, 0.1) is 10.4 Å². The Balaban J connectivity index is 3.14. The summed E-state index contributed by atoms with van der Waals surface area (Å²) < 4.78 is 0. The van der Waals surface area contributed by atoms with Crippen molar-refractivity contribution < 1.29 is 4.94 Å². The van der Waals surface area contributed by atoms with Crippen molar-refractivity contribution in [3.63, 3.8) is 0 Å². The van der Waals surface area contributed by atoms with Gasteiger partial charge < -0.3 is 10.4 Å². The van der Waals surface area contributed by atoms with E-state index >= 15 is 0 Å². The van der Waals surface area contributed by atoms with Gasteiger partial charge in [0.05, 0.1) is 0 Å². The highest BCUT2D eigenvalue weighted by atomic mass is 17.0. The minimum atomic E-state index is -0.625. The van der Waals surface area contributed by atoms with Crippen molar-refractivity contribution in [1.82, 2.24) is 10.6 Å². The van der Waals surface area contributed by atoms with E-state index in [4.69, 9.17) is 0 Å². The average Bonchev–Trinajstić information content (AvgIpc) is 1.65. The maximum atomic E-state index is 9.57. The molecule has 0 saturated carbocycles. The van der Waals surface area contributed by atoms with Crippen LogP contribution in [0.4, 0.5) is 0 Å². The van der Waals surface area contributed by atoms with Crippen molar-refractivity contribution in [2.75, 3.05) is 0 Å². The molecule has 4 N–H and O–H groups in total. The lowest BCUT2D eigenvalue weighted by Gasteiger charge is -2.36. The van der Waals surface area contributed by atoms with E-state index in [1.807, 2.05) is 0 Å². The van der Waals surface area contributed by atoms with Crippen molar-refractivity contribution in [3.8, 4) is 0 Å². The summed E-state index contributed by atoms with van der Waals surface area (Å²) in [6, 6.07) is 0. The van der Waals surface area contributed by atoms with Crippen molar-refractivity contribution in [2.45, 2.75) is 0 Å². The normalized spacial score (nSPS) is 11.1. The van der Waals surface area contributed by atoms with Crippen LogP contribution in [0.15, 0.2) is 0 Å². The minimum Gasteiger partial charge on any atom is -0.757 e. The van der Waals surface area contributed by atoms with E-state index in [0.29, 0.717) is 0 Å². The van der Waals surface area contributed by atoms with Gasteiger partial charge in [0.1, 0.15) is 0 Å². The van der Waals surface area contributed by atoms with Gasteiger partial charge >= 0.3 is 0 Å². The molecule has 0 bridgehead atoms. The fourth-order valence-electron chi connectivity index (χ4n) is 0.0465. The number of rotatable bonds is 2. The standard InChI is InChI=1S/H4N4O3/c1-3(5)4(6)7-2/h1-2H2/q-2. The van der Waals surface area contributed by atoms with E-state index in [1.165, 1.54) is 0 Å². The van der Waals surface area contributed by atoms with Gasteiger partial charge in [0, 0.05) is 0 Å². The van der Waals surface area contributed by atoms with Gasteiger partial charge in [0.25, 0.3) is 0 Å². The fourth-order valence-corrected chi connectivity index (χ4v) is 0.0465. The number of hydrogen-bond donors (Lipinski definition) is 2. The molecule has 0 saturated heterocycles. The van der Waals surface area contributed by atoms with Gasteiger partial charge in [-0.25, -0.2) is 10.2 Å². The van der Waals surface area contributed by atoms with Crippen molar-refractivity contribution in [2.24, 2.45) is 11.7 Å².